The van der Waals surface area contributed by atoms with Crippen LogP contribution in [0.4, 0.5) is 0 Å². The zero-order valence-electron chi connectivity index (χ0n) is 9.79. The lowest BCUT2D eigenvalue weighted by molar-refractivity contribution is 0.415. The minimum atomic E-state index is 0.799. The molecule has 0 amide bonds. The average Bonchev–Trinajstić information content (AvgIpc) is 2.37. The van der Waals surface area contributed by atoms with Crippen LogP contribution < -0.4 is 4.74 Å². The largest absolute Gasteiger partial charge is 0.497 e. The Morgan fingerprint density at radius 1 is 1.06 bits per heavy atom. The van der Waals surface area contributed by atoms with Crippen molar-refractivity contribution >= 4 is 12.2 Å². The first-order valence-electron chi connectivity index (χ1n) is 5.27. The third-order valence-electron chi connectivity index (χ3n) is 2.28. The van der Waals surface area contributed by atoms with Gasteiger partial charge < -0.3 is 4.74 Å². The monoisotopic (exact) mass is 227 g/mol. The van der Waals surface area contributed by atoms with Gasteiger partial charge in [-0.2, -0.15) is 0 Å². The van der Waals surface area contributed by atoms with E-state index in [1.165, 1.54) is 0 Å². The molecule has 1 heterocycles. The van der Waals surface area contributed by atoms with Gasteiger partial charge in [-0.15, -0.1) is 10.2 Å². The first kappa shape index (κ1) is 11.3. The van der Waals surface area contributed by atoms with E-state index in [9.17, 15) is 0 Å². The van der Waals surface area contributed by atoms with E-state index in [0.29, 0.717) is 0 Å². The second-order valence-electron chi connectivity index (χ2n) is 3.61. The molecule has 86 valence electrons. The molecule has 4 nitrogen and oxygen atoms in total. The zero-order chi connectivity index (χ0) is 12.1. The van der Waals surface area contributed by atoms with Crippen LogP contribution in [-0.4, -0.2) is 22.5 Å². The maximum Gasteiger partial charge on any atom is 0.118 e. The number of nitrogens with zero attached hydrogens (tertiary/aromatic N) is 3. The van der Waals surface area contributed by atoms with Gasteiger partial charge in [0, 0.05) is 0 Å². The number of hydrogen-bond donors (Lipinski definition) is 0. The van der Waals surface area contributed by atoms with Crippen LogP contribution in [0.1, 0.15) is 17.0 Å². The molecule has 4 heteroatoms. The highest BCUT2D eigenvalue weighted by Crippen LogP contribution is 2.13. The summed E-state index contributed by atoms with van der Waals surface area (Å²) in [6.45, 7) is 1.89. The summed E-state index contributed by atoms with van der Waals surface area (Å²) in [5, 5.41) is 11.4. The molecule has 0 unspecified atom stereocenters. The fraction of sp³-hybridized carbons (Fsp3) is 0.154. The van der Waals surface area contributed by atoms with Crippen LogP contribution in [0.15, 0.2) is 30.3 Å². The Balaban J connectivity index is 2.14. The Kier molecular flexibility index (Phi) is 3.45. The van der Waals surface area contributed by atoms with Gasteiger partial charge in [0.25, 0.3) is 0 Å². The van der Waals surface area contributed by atoms with Crippen LogP contribution in [0.2, 0.25) is 0 Å². The Morgan fingerprint density at radius 2 is 1.82 bits per heavy atom. The summed E-state index contributed by atoms with van der Waals surface area (Å²) in [5.74, 6) is 0.849. The SMILES string of the molecule is COc1ccc(C=Cc2cc(C)nnn2)cc1. The highest BCUT2D eigenvalue weighted by molar-refractivity contribution is 5.68. The van der Waals surface area contributed by atoms with E-state index < -0.39 is 0 Å². The molecule has 1 aromatic carbocycles. The molecule has 0 bridgehead atoms. The molecule has 2 aromatic rings. The Morgan fingerprint density at radius 3 is 2.47 bits per heavy atom. The minimum Gasteiger partial charge on any atom is -0.497 e. The molecule has 0 saturated carbocycles. The summed E-state index contributed by atoms with van der Waals surface area (Å²) in [7, 11) is 1.65. The second kappa shape index (κ2) is 5.21. The predicted molar refractivity (Wildman–Crippen MR) is 66.5 cm³/mol. The Hall–Kier alpha value is -2.23. The third kappa shape index (κ3) is 3.11. The van der Waals surface area contributed by atoms with Crippen molar-refractivity contribution < 1.29 is 4.74 Å². The molecule has 0 aliphatic rings. The first-order valence-corrected chi connectivity index (χ1v) is 5.27. The molecule has 0 aliphatic carbocycles. The second-order valence-corrected chi connectivity index (χ2v) is 3.61. The van der Waals surface area contributed by atoms with Gasteiger partial charge >= 0.3 is 0 Å². The van der Waals surface area contributed by atoms with Gasteiger partial charge in [-0.25, -0.2) is 0 Å². The third-order valence-corrected chi connectivity index (χ3v) is 2.28. The highest BCUT2D eigenvalue weighted by Gasteiger charge is 1.93. The number of aryl methyl sites for hydroxylation is 1. The number of ether oxygens (including phenoxy) is 1. The molecule has 1 aromatic heterocycles. The molecular formula is C13H13N3O. The maximum atomic E-state index is 5.09. The number of methoxy groups -OCH3 is 1. The van der Waals surface area contributed by atoms with Crippen molar-refractivity contribution in [2.45, 2.75) is 6.92 Å². The standard InChI is InChI=1S/C13H13N3O/c1-10-9-12(15-16-14-10)6-3-11-4-7-13(17-2)8-5-11/h3-9H,1-2H3. The van der Waals surface area contributed by atoms with Gasteiger partial charge in [-0.05, 0) is 42.0 Å². The Labute approximate surface area is 100.0 Å². The van der Waals surface area contributed by atoms with Gasteiger partial charge in [0.2, 0.25) is 0 Å². The van der Waals surface area contributed by atoms with Crippen molar-refractivity contribution in [3.05, 3.63) is 47.3 Å². The van der Waals surface area contributed by atoms with Crippen molar-refractivity contribution in [2.75, 3.05) is 7.11 Å². The molecular weight excluding hydrogens is 214 g/mol. The minimum absolute atomic E-state index is 0.799. The van der Waals surface area contributed by atoms with Crippen molar-refractivity contribution in [3.63, 3.8) is 0 Å². The molecule has 17 heavy (non-hydrogen) atoms. The number of hydrogen-bond acceptors (Lipinski definition) is 4. The summed E-state index contributed by atoms with van der Waals surface area (Å²) in [6.07, 6.45) is 3.88. The fourth-order valence-corrected chi connectivity index (χ4v) is 1.39. The van der Waals surface area contributed by atoms with Gasteiger partial charge in [-0.1, -0.05) is 18.2 Å². The zero-order valence-corrected chi connectivity index (χ0v) is 9.79. The van der Waals surface area contributed by atoms with Crippen molar-refractivity contribution in [2.24, 2.45) is 0 Å². The van der Waals surface area contributed by atoms with E-state index in [2.05, 4.69) is 15.4 Å². The van der Waals surface area contributed by atoms with Crippen LogP contribution in [0.5, 0.6) is 5.75 Å². The lowest BCUT2D eigenvalue weighted by atomic mass is 10.2. The van der Waals surface area contributed by atoms with E-state index in [-0.39, 0.29) is 0 Å². The van der Waals surface area contributed by atoms with Gasteiger partial charge in [-0.3, -0.25) is 0 Å². The highest BCUT2D eigenvalue weighted by atomic mass is 16.5. The predicted octanol–water partition coefficient (Wildman–Crippen LogP) is 2.36. The van der Waals surface area contributed by atoms with Crippen molar-refractivity contribution in [3.8, 4) is 5.75 Å². The van der Waals surface area contributed by atoms with Crippen LogP contribution in [0.3, 0.4) is 0 Å². The van der Waals surface area contributed by atoms with Crippen LogP contribution in [-0.2, 0) is 0 Å². The number of aromatic nitrogens is 3. The van der Waals surface area contributed by atoms with Crippen LogP contribution in [0, 0.1) is 6.92 Å². The molecule has 0 spiro atoms. The number of benzene rings is 1. The lowest BCUT2D eigenvalue weighted by Crippen LogP contribution is -1.92. The molecule has 0 fully saturated rings. The van der Waals surface area contributed by atoms with Crippen LogP contribution >= 0.6 is 0 Å². The summed E-state index contributed by atoms with van der Waals surface area (Å²) >= 11 is 0. The average molecular weight is 227 g/mol. The van der Waals surface area contributed by atoms with Crippen LogP contribution in [0.25, 0.3) is 12.2 Å². The quantitative estimate of drug-likeness (QED) is 0.807. The van der Waals surface area contributed by atoms with E-state index >= 15 is 0 Å². The van der Waals surface area contributed by atoms with Gasteiger partial charge in [0.15, 0.2) is 0 Å². The van der Waals surface area contributed by atoms with E-state index in [1.54, 1.807) is 7.11 Å². The van der Waals surface area contributed by atoms with E-state index in [1.807, 2.05) is 49.4 Å². The smallest absolute Gasteiger partial charge is 0.118 e. The molecule has 0 N–H and O–H groups in total. The first-order chi connectivity index (χ1) is 8.28. The van der Waals surface area contributed by atoms with Gasteiger partial charge in [0.1, 0.15) is 5.75 Å². The van der Waals surface area contributed by atoms with E-state index in [4.69, 9.17) is 4.74 Å². The Bertz CT molecular complexity index is 520. The summed E-state index contributed by atoms with van der Waals surface area (Å²) in [6, 6.07) is 9.69. The fourth-order valence-electron chi connectivity index (χ4n) is 1.39. The maximum absolute atomic E-state index is 5.09. The summed E-state index contributed by atoms with van der Waals surface area (Å²) in [5.41, 5.74) is 2.74. The lowest BCUT2D eigenvalue weighted by Gasteiger charge is -1.99. The van der Waals surface area contributed by atoms with Gasteiger partial charge in [0.05, 0.1) is 18.5 Å². The molecule has 2 rings (SSSR count). The number of rotatable bonds is 3. The topological polar surface area (TPSA) is 47.9 Å². The van der Waals surface area contributed by atoms with Crippen molar-refractivity contribution in [1.82, 2.24) is 15.4 Å². The molecule has 0 atom stereocenters. The molecule has 0 radical (unpaired) electrons. The summed E-state index contributed by atoms with van der Waals surface area (Å²) in [4.78, 5) is 0. The summed E-state index contributed by atoms with van der Waals surface area (Å²) < 4.78 is 5.09. The molecule has 0 aliphatic heterocycles. The van der Waals surface area contributed by atoms with E-state index in [0.717, 1.165) is 22.7 Å². The normalized spacial score (nSPS) is 10.7. The molecule has 0 saturated heterocycles. The van der Waals surface area contributed by atoms with Crippen molar-refractivity contribution in [1.29, 1.82) is 0 Å².